The molecule has 0 radical (unpaired) electrons. The van der Waals surface area contributed by atoms with Gasteiger partial charge in [0.2, 0.25) is 0 Å². The number of halogens is 1. The number of benzene rings is 2. The van der Waals surface area contributed by atoms with Crippen LogP contribution in [0.15, 0.2) is 45.7 Å². The second-order valence-electron chi connectivity index (χ2n) is 6.96. The molecule has 4 N–H and O–H groups in total. The highest BCUT2D eigenvalue weighted by Crippen LogP contribution is 2.41. The number of nitrogens with two attached hydrogens (primary N) is 1. The molecule has 1 aromatic heterocycles. The molecule has 2 heterocycles. The molecule has 0 atom stereocenters. The first-order valence-corrected chi connectivity index (χ1v) is 9.67. The minimum atomic E-state index is -0.797. The van der Waals surface area contributed by atoms with Crippen LogP contribution in [0.25, 0.3) is 5.69 Å². The van der Waals surface area contributed by atoms with E-state index in [1.807, 2.05) is 0 Å². The lowest BCUT2D eigenvalue weighted by Crippen LogP contribution is -2.29. The number of phenols is 1. The number of nitrogens with zero attached hydrogens (tertiary/aromatic N) is 1. The Hall–Kier alpha value is -4.05. The summed E-state index contributed by atoms with van der Waals surface area (Å²) >= 11 is 3.22. The molecule has 2 amide bonds. The fourth-order valence-corrected chi connectivity index (χ4v) is 4.55. The summed E-state index contributed by atoms with van der Waals surface area (Å²) < 4.78 is 0.959. The number of imide groups is 1. The SMILES string of the molecule is Nc1c2c(cc(=O)n1-c1c(Br)cc(O)c3c1C(=O)c1ccccc1C3=O)C(=O)NC2=O. The van der Waals surface area contributed by atoms with E-state index in [9.17, 15) is 29.1 Å². The van der Waals surface area contributed by atoms with Crippen LogP contribution in [-0.4, -0.2) is 33.1 Å². The standard InChI is InChI=1S/C21H10BrN3O6/c22-10-6-11(26)14-15(18(29)8-4-2-1-3-7(8)17(14)28)16(10)25-12(27)5-9-13(19(25)23)21(31)24-20(9)30/h1-6,26H,23H2,(H,24,30,31). The summed E-state index contributed by atoms with van der Waals surface area (Å²) in [5, 5.41) is 12.5. The van der Waals surface area contributed by atoms with Gasteiger partial charge in [0.05, 0.1) is 27.9 Å². The maximum atomic E-state index is 13.4. The highest BCUT2D eigenvalue weighted by molar-refractivity contribution is 9.10. The van der Waals surface area contributed by atoms with Crippen molar-refractivity contribution in [1.29, 1.82) is 0 Å². The van der Waals surface area contributed by atoms with Crippen LogP contribution in [-0.2, 0) is 0 Å². The number of hydrogen-bond acceptors (Lipinski definition) is 7. The fraction of sp³-hybridized carbons (Fsp3) is 0. The van der Waals surface area contributed by atoms with Crippen molar-refractivity contribution in [3.05, 3.63) is 84.6 Å². The van der Waals surface area contributed by atoms with E-state index in [2.05, 4.69) is 21.2 Å². The number of nitrogen functional groups attached to an aromatic ring is 1. The van der Waals surface area contributed by atoms with Gasteiger partial charge >= 0.3 is 0 Å². The molecular formula is C21H10BrN3O6. The summed E-state index contributed by atoms with van der Waals surface area (Å²) in [6.45, 7) is 0. The van der Waals surface area contributed by atoms with Crippen molar-refractivity contribution in [2.24, 2.45) is 0 Å². The molecule has 0 saturated heterocycles. The first kappa shape index (κ1) is 18.9. The van der Waals surface area contributed by atoms with Crippen LogP contribution in [0.3, 0.4) is 0 Å². The van der Waals surface area contributed by atoms with E-state index in [0.29, 0.717) is 0 Å². The Morgan fingerprint density at radius 1 is 0.839 bits per heavy atom. The molecule has 2 aliphatic rings. The van der Waals surface area contributed by atoms with Gasteiger partial charge in [0, 0.05) is 21.7 Å². The number of rotatable bonds is 1. The Kier molecular flexibility index (Phi) is 3.80. The topological polar surface area (TPSA) is 149 Å². The van der Waals surface area contributed by atoms with E-state index in [4.69, 9.17) is 5.73 Å². The van der Waals surface area contributed by atoms with Crippen LogP contribution < -0.4 is 16.6 Å². The van der Waals surface area contributed by atoms with Gasteiger partial charge in [-0.05, 0) is 22.0 Å². The average Bonchev–Trinajstić information content (AvgIpc) is 3.00. The van der Waals surface area contributed by atoms with Crippen molar-refractivity contribution >= 4 is 45.1 Å². The first-order valence-electron chi connectivity index (χ1n) is 8.87. The van der Waals surface area contributed by atoms with E-state index in [1.54, 1.807) is 12.1 Å². The second kappa shape index (κ2) is 6.22. The maximum absolute atomic E-state index is 13.4. The van der Waals surface area contributed by atoms with E-state index >= 15 is 0 Å². The van der Waals surface area contributed by atoms with Crippen molar-refractivity contribution in [1.82, 2.24) is 9.88 Å². The highest BCUT2D eigenvalue weighted by Gasteiger charge is 2.38. The molecule has 0 spiro atoms. The van der Waals surface area contributed by atoms with Crippen LogP contribution in [0.2, 0.25) is 0 Å². The molecule has 0 unspecified atom stereocenters. The molecule has 152 valence electrons. The molecule has 0 saturated carbocycles. The number of carbonyl (C=O) groups is 4. The normalized spacial score (nSPS) is 14.2. The van der Waals surface area contributed by atoms with Gasteiger partial charge in [-0.1, -0.05) is 24.3 Å². The molecule has 0 bridgehead atoms. The number of anilines is 1. The van der Waals surface area contributed by atoms with Crippen molar-refractivity contribution in [3.8, 4) is 11.4 Å². The van der Waals surface area contributed by atoms with Crippen molar-refractivity contribution in [2.45, 2.75) is 0 Å². The number of phenolic OH excluding ortho intramolecular Hbond substituents is 1. The summed E-state index contributed by atoms with van der Waals surface area (Å²) in [7, 11) is 0. The van der Waals surface area contributed by atoms with Crippen molar-refractivity contribution < 1.29 is 24.3 Å². The van der Waals surface area contributed by atoms with Gasteiger partial charge in [-0.2, -0.15) is 0 Å². The number of amides is 2. The third-order valence-electron chi connectivity index (χ3n) is 5.28. The minimum absolute atomic E-state index is 0.0859. The van der Waals surface area contributed by atoms with E-state index in [0.717, 1.165) is 16.7 Å². The van der Waals surface area contributed by atoms with Crippen LogP contribution in [0.1, 0.15) is 52.6 Å². The van der Waals surface area contributed by atoms with Crippen LogP contribution in [0.5, 0.6) is 5.75 Å². The van der Waals surface area contributed by atoms with Crippen molar-refractivity contribution in [3.63, 3.8) is 0 Å². The average molecular weight is 480 g/mol. The Morgan fingerprint density at radius 2 is 1.45 bits per heavy atom. The number of aromatic hydroxyl groups is 1. The Morgan fingerprint density at radius 3 is 2.10 bits per heavy atom. The molecule has 2 aromatic carbocycles. The molecule has 10 heteroatoms. The third-order valence-corrected chi connectivity index (χ3v) is 5.88. The van der Waals surface area contributed by atoms with Gasteiger partial charge in [-0.3, -0.25) is 33.9 Å². The lowest BCUT2D eigenvalue weighted by atomic mass is 9.82. The number of aromatic nitrogens is 1. The molecule has 0 fully saturated rings. The van der Waals surface area contributed by atoms with Gasteiger partial charge in [0.25, 0.3) is 17.4 Å². The maximum Gasteiger partial charge on any atom is 0.262 e. The second-order valence-corrected chi connectivity index (χ2v) is 7.81. The zero-order valence-electron chi connectivity index (χ0n) is 15.4. The fourth-order valence-electron chi connectivity index (χ4n) is 3.95. The lowest BCUT2D eigenvalue weighted by Gasteiger charge is -2.24. The lowest BCUT2D eigenvalue weighted by molar-refractivity contribution is 0.0878. The van der Waals surface area contributed by atoms with Gasteiger partial charge in [-0.15, -0.1) is 0 Å². The molecule has 9 nitrogen and oxygen atoms in total. The van der Waals surface area contributed by atoms with Crippen LogP contribution in [0.4, 0.5) is 5.82 Å². The van der Waals surface area contributed by atoms with Gasteiger partial charge in [0.1, 0.15) is 11.6 Å². The third kappa shape index (κ3) is 2.39. The Bertz CT molecular complexity index is 1490. The molecule has 1 aliphatic heterocycles. The quantitative estimate of drug-likeness (QED) is 0.350. The predicted molar refractivity (Wildman–Crippen MR) is 111 cm³/mol. The van der Waals surface area contributed by atoms with Crippen LogP contribution >= 0.6 is 15.9 Å². The number of pyridine rings is 1. The van der Waals surface area contributed by atoms with Crippen LogP contribution in [0, 0.1) is 0 Å². The predicted octanol–water partition coefficient (Wildman–Crippen LogP) is 1.55. The number of hydrogen-bond donors (Lipinski definition) is 3. The summed E-state index contributed by atoms with van der Waals surface area (Å²) in [6.07, 6.45) is 0. The summed E-state index contributed by atoms with van der Waals surface area (Å²) in [5.41, 5.74) is 4.49. The largest absolute Gasteiger partial charge is 0.507 e. The monoisotopic (exact) mass is 479 g/mol. The van der Waals surface area contributed by atoms with E-state index in [1.165, 1.54) is 12.1 Å². The van der Waals surface area contributed by atoms with E-state index in [-0.39, 0.29) is 49.4 Å². The Labute approximate surface area is 181 Å². The van der Waals surface area contributed by atoms with Gasteiger partial charge in [0.15, 0.2) is 11.6 Å². The zero-order chi connectivity index (χ0) is 22.2. The summed E-state index contributed by atoms with van der Waals surface area (Å²) in [6, 6.07) is 8.19. The number of fused-ring (bicyclic) bond motifs is 3. The molecule has 1 aliphatic carbocycles. The Balaban J connectivity index is 1.92. The number of nitrogens with one attached hydrogen (secondary N) is 1. The van der Waals surface area contributed by atoms with E-state index < -0.39 is 34.7 Å². The first-order chi connectivity index (χ1) is 14.7. The van der Waals surface area contributed by atoms with Gasteiger partial charge < -0.3 is 10.8 Å². The zero-order valence-corrected chi connectivity index (χ0v) is 16.9. The minimum Gasteiger partial charge on any atom is -0.507 e. The summed E-state index contributed by atoms with van der Waals surface area (Å²) in [5.74, 6) is -3.59. The van der Waals surface area contributed by atoms with Gasteiger partial charge in [-0.25, -0.2) is 0 Å². The molecule has 3 aromatic rings. The number of ketones is 2. The molecular weight excluding hydrogens is 470 g/mol. The highest BCUT2D eigenvalue weighted by atomic mass is 79.9. The molecule has 5 rings (SSSR count). The molecule has 31 heavy (non-hydrogen) atoms. The van der Waals surface area contributed by atoms with Crippen molar-refractivity contribution in [2.75, 3.05) is 5.73 Å². The summed E-state index contributed by atoms with van der Waals surface area (Å²) in [4.78, 5) is 63.5. The smallest absolute Gasteiger partial charge is 0.262 e. The number of carbonyl (C=O) groups excluding carboxylic acids is 4.